The van der Waals surface area contributed by atoms with E-state index in [9.17, 15) is 0 Å². The van der Waals surface area contributed by atoms with Crippen LogP contribution in [0.15, 0.2) is 12.4 Å². The molecular weight excluding hydrogens is 176 g/mol. The van der Waals surface area contributed by atoms with Crippen LogP contribution in [-0.4, -0.2) is 28.9 Å². The summed E-state index contributed by atoms with van der Waals surface area (Å²) >= 11 is 0. The minimum atomic E-state index is 0.180. The van der Waals surface area contributed by atoms with Crippen LogP contribution in [0.5, 0.6) is 0 Å². The first-order chi connectivity index (χ1) is 6.51. The van der Waals surface area contributed by atoms with E-state index in [2.05, 4.69) is 36.5 Å². The van der Waals surface area contributed by atoms with Gasteiger partial charge < -0.3 is 10.6 Å². The van der Waals surface area contributed by atoms with Crippen molar-refractivity contribution in [2.45, 2.75) is 32.9 Å². The number of anilines is 1. The number of nitrogens with one attached hydrogen (secondary N) is 2. The Bertz CT molecular complexity index is 272. The summed E-state index contributed by atoms with van der Waals surface area (Å²) in [6.45, 7) is 8.33. The number of aromatic nitrogens is 2. The van der Waals surface area contributed by atoms with Gasteiger partial charge in [0.1, 0.15) is 0 Å². The molecule has 1 aromatic heterocycles. The Morgan fingerprint density at radius 2 is 2.14 bits per heavy atom. The van der Waals surface area contributed by atoms with Crippen molar-refractivity contribution in [3.63, 3.8) is 0 Å². The number of rotatable bonds is 4. The molecule has 0 aliphatic carbocycles. The zero-order chi connectivity index (χ0) is 10.6. The highest BCUT2D eigenvalue weighted by atomic mass is 15.3. The second-order valence-electron chi connectivity index (χ2n) is 4.42. The molecule has 0 aliphatic heterocycles. The van der Waals surface area contributed by atoms with Crippen LogP contribution < -0.4 is 10.6 Å². The van der Waals surface area contributed by atoms with E-state index in [1.807, 2.05) is 24.1 Å². The number of nitrogens with zero attached hydrogens (tertiary/aromatic N) is 2. The van der Waals surface area contributed by atoms with Crippen molar-refractivity contribution in [1.29, 1.82) is 0 Å². The Morgan fingerprint density at radius 1 is 1.43 bits per heavy atom. The Labute approximate surface area is 85.7 Å². The molecule has 0 aliphatic rings. The topological polar surface area (TPSA) is 41.9 Å². The summed E-state index contributed by atoms with van der Waals surface area (Å²) in [6.07, 6.45) is 3.83. The summed E-state index contributed by atoms with van der Waals surface area (Å²) in [4.78, 5) is 0. The first-order valence-electron chi connectivity index (χ1n) is 4.96. The monoisotopic (exact) mass is 196 g/mol. The van der Waals surface area contributed by atoms with Gasteiger partial charge in [-0.25, -0.2) is 0 Å². The van der Waals surface area contributed by atoms with Crippen molar-refractivity contribution in [2.75, 3.05) is 18.9 Å². The highest BCUT2D eigenvalue weighted by Gasteiger charge is 2.07. The van der Waals surface area contributed by atoms with Gasteiger partial charge in [0.25, 0.3) is 0 Å². The normalized spacial score (nSPS) is 11.7. The molecule has 1 heterocycles. The van der Waals surface area contributed by atoms with Crippen LogP contribution in [0.25, 0.3) is 0 Å². The standard InChI is InChI=1S/C10H20N4/c1-10(2,3)12-5-6-14-8-9(11-4)7-13-14/h7-8,11-12H,5-6H2,1-4H3. The van der Waals surface area contributed by atoms with Crippen molar-refractivity contribution >= 4 is 5.69 Å². The Hall–Kier alpha value is -1.03. The Kier molecular flexibility index (Phi) is 3.52. The van der Waals surface area contributed by atoms with E-state index in [-0.39, 0.29) is 5.54 Å². The molecule has 0 aromatic carbocycles. The van der Waals surface area contributed by atoms with E-state index in [1.165, 1.54) is 0 Å². The van der Waals surface area contributed by atoms with Crippen LogP contribution in [0.3, 0.4) is 0 Å². The van der Waals surface area contributed by atoms with E-state index in [0.29, 0.717) is 0 Å². The van der Waals surface area contributed by atoms with Crippen molar-refractivity contribution in [3.8, 4) is 0 Å². The predicted molar refractivity (Wildman–Crippen MR) is 59.5 cm³/mol. The third-order valence-electron chi connectivity index (χ3n) is 1.92. The molecule has 14 heavy (non-hydrogen) atoms. The molecule has 0 unspecified atom stereocenters. The van der Waals surface area contributed by atoms with Crippen LogP contribution in [0.1, 0.15) is 20.8 Å². The molecule has 4 heteroatoms. The van der Waals surface area contributed by atoms with Crippen LogP contribution in [0, 0.1) is 0 Å². The Balaban J connectivity index is 2.31. The van der Waals surface area contributed by atoms with Crippen molar-refractivity contribution in [2.24, 2.45) is 0 Å². The summed E-state index contributed by atoms with van der Waals surface area (Å²) < 4.78 is 1.94. The van der Waals surface area contributed by atoms with Gasteiger partial charge >= 0.3 is 0 Å². The lowest BCUT2D eigenvalue weighted by molar-refractivity contribution is 0.405. The smallest absolute Gasteiger partial charge is 0.0723 e. The molecule has 0 bridgehead atoms. The van der Waals surface area contributed by atoms with E-state index in [1.54, 1.807) is 0 Å². The van der Waals surface area contributed by atoms with Crippen molar-refractivity contribution in [1.82, 2.24) is 15.1 Å². The minimum absolute atomic E-state index is 0.180. The molecular formula is C10H20N4. The Morgan fingerprint density at radius 3 is 2.64 bits per heavy atom. The fourth-order valence-corrected chi connectivity index (χ4v) is 1.16. The van der Waals surface area contributed by atoms with Gasteiger partial charge in [-0.3, -0.25) is 4.68 Å². The maximum atomic E-state index is 4.22. The molecule has 0 radical (unpaired) electrons. The molecule has 2 N–H and O–H groups in total. The average molecular weight is 196 g/mol. The van der Waals surface area contributed by atoms with Gasteiger partial charge in [0, 0.05) is 25.3 Å². The summed E-state index contributed by atoms with van der Waals surface area (Å²) in [5.41, 5.74) is 1.24. The molecule has 0 saturated carbocycles. The molecule has 1 rings (SSSR count). The van der Waals surface area contributed by atoms with Crippen LogP contribution >= 0.6 is 0 Å². The average Bonchev–Trinajstić information content (AvgIpc) is 2.50. The molecule has 1 aromatic rings. The highest BCUT2D eigenvalue weighted by molar-refractivity contribution is 5.36. The zero-order valence-corrected chi connectivity index (χ0v) is 9.46. The molecule has 0 spiro atoms. The maximum Gasteiger partial charge on any atom is 0.0723 e. The number of hydrogen-bond acceptors (Lipinski definition) is 3. The molecule has 80 valence electrons. The zero-order valence-electron chi connectivity index (χ0n) is 9.46. The lowest BCUT2D eigenvalue weighted by Gasteiger charge is -2.20. The maximum absolute atomic E-state index is 4.22. The van der Waals surface area contributed by atoms with Crippen LogP contribution in [-0.2, 0) is 6.54 Å². The van der Waals surface area contributed by atoms with E-state index in [0.717, 1.165) is 18.8 Å². The summed E-state index contributed by atoms with van der Waals surface area (Å²) in [7, 11) is 1.90. The van der Waals surface area contributed by atoms with E-state index >= 15 is 0 Å². The molecule has 0 saturated heterocycles. The van der Waals surface area contributed by atoms with Gasteiger partial charge in [0.15, 0.2) is 0 Å². The van der Waals surface area contributed by atoms with Gasteiger partial charge in [-0.2, -0.15) is 5.10 Å². The lowest BCUT2D eigenvalue weighted by atomic mass is 10.1. The van der Waals surface area contributed by atoms with E-state index < -0.39 is 0 Å². The van der Waals surface area contributed by atoms with Gasteiger partial charge in [0.05, 0.1) is 18.4 Å². The van der Waals surface area contributed by atoms with Gasteiger partial charge in [-0.15, -0.1) is 0 Å². The first kappa shape index (κ1) is 11.0. The minimum Gasteiger partial charge on any atom is -0.386 e. The molecule has 0 amide bonds. The second-order valence-corrected chi connectivity index (χ2v) is 4.42. The first-order valence-corrected chi connectivity index (χ1v) is 4.96. The number of hydrogen-bond donors (Lipinski definition) is 2. The second kappa shape index (κ2) is 4.46. The molecule has 0 fully saturated rings. The van der Waals surface area contributed by atoms with Crippen LogP contribution in [0.4, 0.5) is 5.69 Å². The van der Waals surface area contributed by atoms with Crippen molar-refractivity contribution in [3.05, 3.63) is 12.4 Å². The van der Waals surface area contributed by atoms with Crippen molar-refractivity contribution < 1.29 is 0 Å². The highest BCUT2D eigenvalue weighted by Crippen LogP contribution is 2.02. The lowest BCUT2D eigenvalue weighted by Crippen LogP contribution is -2.37. The fraction of sp³-hybridized carbons (Fsp3) is 0.700. The van der Waals surface area contributed by atoms with Gasteiger partial charge in [-0.05, 0) is 20.8 Å². The van der Waals surface area contributed by atoms with Gasteiger partial charge in [-0.1, -0.05) is 0 Å². The van der Waals surface area contributed by atoms with Gasteiger partial charge in [0.2, 0.25) is 0 Å². The van der Waals surface area contributed by atoms with E-state index in [4.69, 9.17) is 0 Å². The third kappa shape index (κ3) is 3.79. The predicted octanol–water partition coefficient (Wildman–Crippen LogP) is 1.31. The summed E-state index contributed by atoms with van der Waals surface area (Å²) in [5, 5.41) is 10.7. The quantitative estimate of drug-likeness (QED) is 0.763. The third-order valence-corrected chi connectivity index (χ3v) is 1.92. The SMILES string of the molecule is CNc1cnn(CCNC(C)(C)C)c1. The summed E-state index contributed by atoms with van der Waals surface area (Å²) in [5.74, 6) is 0. The largest absolute Gasteiger partial charge is 0.386 e. The molecule has 4 nitrogen and oxygen atoms in total. The van der Waals surface area contributed by atoms with Crippen LogP contribution in [0.2, 0.25) is 0 Å². The summed E-state index contributed by atoms with van der Waals surface area (Å²) in [6, 6.07) is 0. The molecule has 0 atom stereocenters. The fourth-order valence-electron chi connectivity index (χ4n) is 1.16.